The summed E-state index contributed by atoms with van der Waals surface area (Å²) in [4.78, 5) is 2.59. The smallest absolute Gasteiger partial charge is 0.170 e. The SMILES string of the molecule is COc1ccc(-c2cc(C3CN4CCC3CC4CNC(=S)Nc3cccc(C#N)c3)n(C)n2)cc1. The van der Waals surface area contributed by atoms with E-state index in [1.54, 1.807) is 19.2 Å². The molecule has 3 fully saturated rings. The number of benzene rings is 2. The molecule has 4 heterocycles. The molecule has 3 aliphatic heterocycles. The second-order valence-electron chi connectivity index (χ2n) is 9.37. The zero-order valence-electron chi connectivity index (χ0n) is 20.1. The first-order valence-corrected chi connectivity index (χ1v) is 12.4. The molecule has 4 unspecified atom stereocenters. The summed E-state index contributed by atoms with van der Waals surface area (Å²) >= 11 is 5.51. The molecule has 2 bridgehead atoms. The van der Waals surface area contributed by atoms with Crippen LogP contribution in [-0.4, -0.2) is 52.6 Å². The number of nitrogens with one attached hydrogen (secondary N) is 2. The first-order chi connectivity index (χ1) is 17.0. The number of fused-ring (bicyclic) bond motifs is 3. The van der Waals surface area contributed by atoms with E-state index in [0.717, 1.165) is 48.7 Å². The molecule has 2 aromatic carbocycles. The zero-order valence-corrected chi connectivity index (χ0v) is 20.9. The number of hydrogen-bond acceptors (Lipinski definition) is 5. The number of methoxy groups -OCH3 is 1. The van der Waals surface area contributed by atoms with Gasteiger partial charge in [0.1, 0.15) is 5.75 Å². The van der Waals surface area contributed by atoms with Crippen LogP contribution in [0.3, 0.4) is 0 Å². The summed E-state index contributed by atoms with van der Waals surface area (Å²) in [7, 11) is 3.74. The Hall–Kier alpha value is -3.41. The largest absolute Gasteiger partial charge is 0.497 e. The number of aryl methyl sites for hydroxylation is 1. The predicted octanol–water partition coefficient (Wildman–Crippen LogP) is 4.13. The molecule has 0 radical (unpaired) electrons. The topological polar surface area (TPSA) is 78.1 Å². The van der Waals surface area contributed by atoms with Crippen molar-refractivity contribution < 1.29 is 4.74 Å². The quantitative estimate of drug-likeness (QED) is 0.507. The van der Waals surface area contributed by atoms with E-state index in [9.17, 15) is 0 Å². The molecule has 0 amide bonds. The van der Waals surface area contributed by atoms with Gasteiger partial charge in [-0.1, -0.05) is 6.07 Å². The molecule has 6 rings (SSSR count). The number of ether oxygens (including phenoxy) is 1. The maximum atomic E-state index is 9.09. The maximum absolute atomic E-state index is 9.09. The van der Waals surface area contributed by atoms with Gasteiger partial charge < -0.3 is 15.4 Å². The van der Waals surface area contributed by atoms with Crippen LogP contribution >= 0.6 is 12.2 Å². The normalized spacial score (nSPS) is 22.9. The van der Waals surface area contributed by atoms with Crippen LogP contribution in [0, 0.1) is 17.2 Å². The third-order valence-corrected chi connectivity index (χ3v) is 7.55. The van der Waals surface area contributed by atoms with Crippen molar-refractivity contribution in [2.24, 2.45) is 13.0 Å². The van der Waals surface area contributed by atoms with Crippen molar-refractivity contribution in [3.63, 3.8) is 0 Å². The van der Waals surface area contributed by atoms with Crippen LogP contribution < -0.4 is 15.4 Å². The third-order valence-electron chi connectivity index (χ3n) is 7.31. The molecule has 7 nitrogen and oxygen atoms in total. The van der Waals surface area contributed by atoms with Gasteiger partial charge in [-0.25, -0.2) is 0 Å². The highest BCUT2D eigenvalue weighted by Gasteiger charge is 2.41. The molecule has 3 aliphatic rings. The molecule has 1 aromatic heterocycles. The molecule has 3 aromatic rings. The number of anilines is 1. The Labute approximate surface area is 211 Å². The van der Waals surface area contributed by atoms with Gasteiger partial charge in [0.2, 0.25) is 0 Å². The fraction of sp³-hybridized carbons (Fsp3) is 0.370. The van der Waals surface area contributed by atoms with E-state index in [-0.39, 0.29) is 0 Å². The second kappa shape index (κ2) is 10.1. The Morgan fingerprint density at radius 3 is 2.77 bits per heavy atom. The third kappa shape index (κ3) is 5.02. The number of hydrogen-bond donors (Lipinski definition) is 2. The molecule has 3 saturated heterocycles. The van der Waals surface area contributed by atoms with Gasteiger partial charge in [-0.05, 0) is 86.1 Å². The highest BCUT2D eigenvalue weighted by molar-refractivity contribution is 7.80. The van der Waals surface area contributed by atoms with Crippen LogP contribution in [-0.2, 0) is 7.05 Å². The maximum Gasteiger partial charge on any atom is 0.170 e. The highest BCUT2D eigenvalue weighted by Crippen LogP contribution is 2.42. The Bertz CT molecular complexity index is 1250. The van der Waals surface area contributed by atoms with Gasteiger partial charge in [0, 0.05) is 49.0 Å². The molecule has 2 N–H and O–H groups in total. The van der Waals surface area contributed by atoms with Gasteiger partial charge in [-0.2, -0.15) is 10.4 Å². The lowest BCUT2D eigenvalue weighted by molar-refractivity contribution is 0.0303. The van der Waals surface area contributed by atoms with Crippen molar-refractivity contribution in [2.75, 3.05) is 32.1 Å². The number of piperidine rings is 3. The van der Waals surface area contributed by atoms with Gasteiger partial charge in [-0.3, -0.25) is 9.58 Å². The Morgan fingerprint density at radius 2 is 2.06 bits per heavy atom. The Balaban J connectivity index is 1.20. The summed E-state index contributed by atoms with van der Waals surface area (Å²) < 4.78 is 7.35. The Kier molecular flexibility index (Phi) is 6.71. The first kappa shape index (κ1) is 23.3. The summed E-state index contributed by atoms with van der Waals surface area (Å²) in [6.45, 7) is 2.99. The average Bonchev–Trinajstić information content (AvgIpc) is 3.29. The van der Waals surface area contributed by atoms with Crippen LogP contribution in [0.25, 0.3) is 11.3 Å². The van der Waals surface area contributed by atoms with Crippen LogP contribution in [0.4, 0.5) is 5.69 Å². The Morgan fingerprint density at radius 1 is 1.23 bits per heavy atom. The summed E-state index contributed by atoms with van der Waals surface area (Å²) in [5.41, 5.74) is 4.88. The van der Waals surface area contributed by atoms with E-state index in [2.05, 4.69) is 51.5 Å². The van der Waals surface area contributed by atoms with Gasteiger partial charge in [0.25, 0.3) is 0 Å². The van der Waals surface area contributed by atoms with Crippen LogP contribution in [0.5, 0.6) is 5.75 Å². The number of aromatic nitrogens is 2. The van der Waals surface area contributed by atoms with Gasteiger partial charge in [0.05, 0.1) is 24.4 Å². The molecular formula is C27H30N6OS. The minimum Gasteiger partial charge on any atom is -0.497 e. The summed E-state index contributed by atoms with van der Waals surface area (Å²) in [5.74, 6) is 1.98. The number of nitrogens with zero attached hydrogens (tertiary/aromatic N) is 4. The van der Waals surface area contributed by atoms with Crippen LogP contribution in [0.2, 0.25) is 0 Å². The average molecular weight is 487 g/mol. The van der Waals surface area contributed by atoms with E-state index >= 15 is 0 Å². The highest BCUT2D eigenvalue weighted by atomic mass is 32.1. The summed E-state index contributed by atoms with van der Waals surface area (Å²) in [6.07, 6.45) is 2.36. The molecule has 35 heavy (non-hydrogen) atoms. The number of rotatable bonds is 6. The van der Waals surface area contributed by atoms with E-state index in [1.165, 1.54) is 12.1 Å². The number of nitriles is 1. The van der Waals surface area contributed by atoms with Gasteiger partial charge in [0.15, 0.2) is 5.11 Å². The predicted molar refractivity (Wildman–Crippen MR) is 141 cm³/mol. The van der Waals surface area contributed by atoms with E-state index in [1.807, 2.05) is 24.3 Å². The summed E-state index contributed by atoms with van der Waals surface area (Å²) in [6, 6.07) is 20.3. The van der Waals surface area contributed by atoms with Crippen molar-refractivity contribution in [1.29, 1.82) is 5.26 Å². The second-order valence-corrected chi connectivity index (χ2v) is 9.78. The lowest BCUT2D eigenvalue weighted by Crippen LogP contribution is -2.56. The van der Waals surface area contributed by atoms with Crippen molar-refractivity contribution in [3.05, 3.63) is 65.9 Å². The first-order valence-electron chi connectivity index (χ1n) is 12.0. The molecule has 0 saturated carbocycles. The van der Waals surface area contributed by atoms with Gasteiger partial charge in [-0.15, -0.1) is 0 Å². The zero-order chi connectivity index (χ0) is 24.4. The molecule has 180 valence electrons. The lowest BCUT2D eigenvalue weighted by Gasteiger charge is -2.50. The molecule has 0 aliphatic carbocycles. The van der Waals surface area contributed by atoms with Crippen molar-refractivity contribution in [1.82, 2.24) is 20.0 Å². The van der Waals surface area contributed by atoms with E-state index in [4.69, 9.17) is 27.3 Å². The minimum absolute atomic E-state index is 0.462. The van der Waals surface area contributed by atoms with Gasteiger partial charge >= 0.3 is 0 Å². The number of thiocarbonyl (C=S) groups is 1. The molecule has 4 atom stereocenters. The van der Waals surface area contributed by atoms with Crippen molar-refractivity contribution in [2.45, 2.75) is 24.8 Å². The fourth-order valence-corrected chi connectivity index (χ4v) is 5.67. The van der Waals surface area contributed by atoms with Crippen molar-refractivity contribution in [3.8, 4) is 23.1 Å². The molecule has 0 spiro atoms. The molecular weight excluding hydrogens is 456 g/mol. The monoisotopic (exact) mass is 486 g/mol. The summed E-state index contributed by atoms with van der Waals surface area (Å²) in [5, 5.41) is 21.1. The van der Waals surface area contributed by atoms with Crippen LogP contribution in [0.15, 0.2) is 54.6 Å². The van der Waals surface area contributed by atoms with E-state index < -0.39 is 0 Å². The van der Waals surface area contributed by atoms with Crippen molar-refractivity contribution >= 4 is 23.0 Å². The van der Waals surface area contributed by atoms with E-state index in [0.29, 0.717) is 28.6 Å². The standard InChI is InChI=1S/C27H30N6OS/c1-32-26(14-25(31-32)19-6-8-23(34-2)9-7-19)24-17-33-11-10-20(24)13-22(33)16-29-27(35)30-21-5-3-4-18(12-21)15-28/h3-9,12,14,20,22,24H,10-11,13,16-17H2,1-2H3,(H2,29,30,35). The lowest BCUT2D eigenvalue weighted by atomic mass is 9.74. The minimum atomic E-state index is 0.462. The van der Waals surface area contributed by atoms with Crippen LogP contribution in [0.1, 0.15) is 30.0 Å². The molecule has 8 heteroatoms. The fourth-order valence-electron chi connectivity index (χ4n) is 5.47.